The Morgan fingerprint density at radius 2 is 1.68 bits per heavy atom. The van der Waals surface area contributed by atoms with Crippen LogP contribution in [0, 0.1) is 5.21 Å². The lowest BCUT2D eigenvalue weighted by Gasteiger charge is -1.95. The van der Waals surface area contributed by atoms with Gasteiger partial charge in [-0.05, 0) is 17.1 Å². The smallest absolute Gasteiger partial charge is 0.255 e. The first kappa shape index (κ1) is 13.8. The second-order valence-corrected chi connectivity index (χ2v) is 4.59. The van der Waals surface area contributed by atoms with E-state index in [2.05, 4.69) is 9.79 Å². The molecule has 3 rings (SSSR count). The summed E-state index contributed by atoms with van der Waals surface area (Å²) in [5.74, 6) is -0.194. The highest BCUT2D eigenvalue weighted by Gasteiger charge is 2.18. The first-order valence-electron chi connectivity index (χ1n) is 6.68. The van der Waals surface area contributed by atoms with Gasteiger partial charge in [0.25, 0.3) is 5.69 Å². The van der Waals surface area contributed by atoms with Crippen LogP contribution in [0.25, 0.3) is 17.3 Å². The molecule has 0 spiro atoms. The molecular formula is C17H12N2O3. The highest BCUT2D eigenvalue weighted by molar-refractivity contribution is 6.06. The van der Waals surface area contributed by atoms with E-state index in [9.17, 15) is 10.0 Å². The van der Waals surface area contributed by atoms with E-state index in [1.807, 2.05) is 36.4 Å². The third-order valence-electron chi connectivity index (χ3n) is 3.14. The first-order valence-corrected chi connectivity index (χ1v) is 6.68. The van der Waals surface area contributed by atoms with Crippen LogP contribution in [0.2, 0.25) is 0 Å². The molecule has 0 fully saturated rings. The van der Waals surface area contributed by atoms with Crippen molar-refractivity contribution in [2.45, 2.75) is 0 Å². The van der Waals surface area contributed by atoms with Gasteiger partial charge in [0.2, 0.25) is 5.69 Å². The van der Waals surface area contributed by atoms with Gasteiger partial charge in [-0.2, -0.15) is 0 Å². The molecule has 0 radical (unpaired) electrons. The van der Waals surface area contributed by atoms with E-state index in [0.717, 1.165) is 5.56 Å². The average Bonchev–Trinajstić information content (AvgIpc) is 2.95. The van der Waals surface area contributed by atoms with Crippen LogP contribution in [0.1, 0.15) is 16.1 Å². The van der Waals surface area contributed by atoms with Crippen LogP contribution in [0.4, 0.5) is 0 Å². The Kier molecular flexibility index (Phi) is 3.78. The molecule has 0 saturated carbocycles. The number of allylic oxidation sites excluding steroid dienone is 1. The second-order valence-electron chi connectivity index (χ2n) is 4.59. The van der Waals surface area contributed by atoms with E-state index >= 15 is 0 Å². The standard InChI is InChI=1S/C17H12N2O3/c20-16(13-7-3-1-4-8-13)12-11-15-17(18-22-19(15)21)14-9-5-2-6-10-14/h1-12H/b12-11+. The fourth-order valence-corrected chi connectivity index (χ4v) is 2.04. The zero-order chi connectivity index (χ0) is 15.4. The fourth-order valence-electron chi connectivity index (χ4n) is 2.04. The summed E-state index contributed by atoms with van der Waals surface area (Å²) in [5.41, 5.74) is 1.88. The van der Waals surface area contributed by atoms with E-state index < -0.39 is 0 Å². The molecule has 0 amide bonds. The van der Waals surface area contributed by atoms with Crippen LogP contribution in [-0.4, -0.2) is 10.9 Å². The van der Waals surface area contributed by atoms with Gasteiger partial charge in [-0.15, -0.1) is 0 Å². The number of nitrogens with zero attached hydrogens (tertiary/aromatic N) is 2. The van der Waals surface area contributed by atoms with E-state index in [-0.39, 0.29) is 16.4 Å². The van der Waals surface area contributed by atoms with Gasteiger partial charge in [-0.3, -0.25) is 9.42 Å². The normalized spacial score (nSPS) is 10.9. The largest absolute Gasteiger partial charge is 0.359 e. The summed E-state index contributed by atoms with van der Waals surface area (Å²) in [6.07, 6.45) is 2.75. The predicted molar refractivity (Wildman–Crippen MR) is 80.7 cm³/mol. The minimum Gasteiger partial charge on any atom is -0.359 e. The number of ketones is 1. The van der Waals surface area contributed by atoms with Crippen molar-refractivity contribution in [1.29, 1.82) is 0 Å². The molecule has 0 bridgehead atoms. The van der Waals surface area contributed by atoms with Crippen molar-refractivity contribution < 1.29 is 14.3 Å². The number of rotatable bonds is 4. The molecule has 5 heteroatoms. The zero-order valence-electron chi connectivity index (χ0n) is 11.5. The van der Waals surface area contributed by atoms with Gasteiger partial charge in [-0.1, -0.05) is 60.7 Å². The predicted octanol–water partition coefficient (Wildman–Crippen LogP) is 2.87. The summed E-state index contributed by atoms with van der Waals surface area (Å²) in [6.45, 7) is 0. The molecule has 108 valence electrons. The molecule has 0 saturated heterocycles. The highest BCUT2D eigenvalue weighted by Crippen LogP contribution is 2.20. The maximum absolute atomic E-state index is 12.0. The maximum atomic E-state index is 12.0. The molecule has 0 N–H and O–H groups in total. The molecule has 1 heterocycles. The topological polar surface area (TPSA) is 70.0 Å². The lowest BCUT2D eigenvalue weighted by Crippen LogP contribution is -2.26. The minimum atomic E-state index is -0.194. The van der Waals surface area contributed by atoms with Crippen LogP contribution in [0.3, 0.4) is 0 Å². The molecule has 2 aromatic carbocycles. The number of benzene rings is 2. The lowest BCUT2D eigenvalue weighted by atomic mass is 10.1. The van der Waals surface area contributed by atoms with E-state index in [0.29, 0.717) is 11.3 Å². The van der Waals surface area contributed by atoms with Crippen LogP contribution in [-0.2, 0) is 0 Å². The Bertz CT molecular complexity index is 808. The van der Waals surface area contributed by atoms with Crippen molar-refractivity contribution in [2.75, 3.05) is 0 Å². The van der Waals surface area contributed by atoms with Gasteiger partial charge in [-0.25, -0.2) is 0 Å². The molecule has 1 aromatic heterocycles. The van der Waals surface area contributed by atoms with Gasteiger partial charge in [0.15, 0.2) is 5.78 Å². The van der Waals surface area contributed by atoms with Crippen molar-refractivity contribution in [1.82, 2.24) is 5.16 Å². The summed E-state index contributed by atoms with van der Waals surface area (Å²) in [7, 11) is 0. The van der Waals surface area contributed by atoms with Crippen molar-refractivity contribution in [3.8, 4) is 11.3 Å². The van der Waals surface area contributed by atoms with E-state index in [1.54, 1.807) is 24.3 Å². The van der Waals surface area contributed by atoms with E-state index in [1.165, 1.54) is 12.2 Å². The Morgan fingerprint density at radius 3 is 2.36 bits per heavy atom. The molecule has 0 unspecified atom stereocenters. The fraction of sp³-hybridized carbons (Fsp3) is 0. The second kappa shape index (κ2) is 6.05. The van der Waals surface area contributed by atoms with Crippen LogP contribution < -0.4 is 4.90 Å². The number of hydrogen-bond donors (Lipinski definition) is 0. The number of carbonyl (C=O) groups excluding carboxylic acids is 1. The van der Waals surface area contributed by atoms with Crippen LogP contribution >= 0.6 is 0 Å². The number of aromatic nitrogens is 2. The highest BCUT2D eigenvalue weighted by atomic mass is 16.8. The molecule has 0 aliphatic rings. The van der Waals surface area contributed by atoms with Gasteiger partial charge in [0, 0.05) is 16.3 Å². The van der Waals surface area contributed by atoms with Gasteiger partial charge < -0.3 is 5.21 Å². The van der Waals surface area contributed by atoms with Gasteiger partial charge >= 0.3 is 0 Å². The Morgan fingerprint density at radius 1 is 1.05 bits per heavy atom. The lowest BCUT2D eigenvalue weighted by molar-refractivity contribution is -0.803. The molecule has 5 nitrogen and oxygen atoms in total. The van der Waals surface area contributed by atoms with Crippen molar-refractivity contribution >= 4 is 11.9 Å². The molecule has 22 heavy (non-hydrogen) atoms. The summed E-state index contributed by atoms with van der Waals surface area (Å²) < 4.78 is 4.64. The molecule has 3 aromatic rings. The van der Waals surface area contributed by atoms with Gasteiger partial charge in [0.1, 0.15) is 0 Å². The van der Waals surface area contributed by atoms with Crippen molar-refractivity contribution in [2.24, 2.45) is 0 Å². The number of hydrogen-bond acceptors (Lipinski definition) is 4. The summed E-state index contributed by atoms with van der Waals surface area (Å²) >= 11 is 0. The monoisotopic (exact) mass is 292 g/mol. The minimum absolute atomic E-state index is 0.190. The third kappa shape index (κ3) is 2.78. The van der Waals surface area contributed by atoms with Crippen LogP contribution in [0.15, 0.2) is 71.4 Å². The van der Waals surface area contributed by atoms with E-state index in [4.69, 9.17) is 0 Å². The number of carbonyl (C=O) groups is 1. The molecule has 0 aliphatic carbocycles. The molecular weight excluding hydrogens is 280 g/mol. The summed E-state index contributed by atoms with van der Waals surface area (Å²) in [6, 6.07) is 18.0. The van der Waals surface area contributed by atoms with Crippen molar-refractivity contribution in [3.63, 3.8) is 0 Å². The van der Waals surface area contributed by atoms with Gasteiger partial charge in [0.05, 0.1) is 0 Å². The Balaban J connectivity index is 1.92. The maximum Gasteiger partial charge on any atom is 0.255 e. The first-order chi connectivity index (χ1) is 10.8. The molecule has 0 atom stereocenters. The molecule has 0 aliphatic heterocycles. The Labute approximate surface area is 126 Å². The van der Waals surface area contributed by atoms with Crippen LogP contribution in [0.5, 0.6) is 0 Å². The van der Waals surface area contributed by atoms with Crippen molar-refractivity contribution in [3.05, 3.63) is 83.2 Å². The quantitative estimate of drug-likeness (QED) is 0.421. The average molecular weight is 292 g/mol. The Hall–Kier alpha value is -3.21. The summed E-state index contributed by atoms with van der Waals surface area (Å²) in [5, 5.41) is 15.4. The summed E-state index contributed by atoms with van der Waals surface area (Å²) in [4.78, 5) is 12.3. The third-order valence-corrected chi connectivity index (χ3v) is 3.14. The SMILES string of the molecule is O=C(/C=C/c1c(-c2ccccc2)no[n+]1[O-])c1ccccc1. The zero-order valence-corrected chi connectivity index (χ0v) is 11.5.